The van der Waals surface area contributed by atoms with Crippen LogP contribution < -0.4 is 0 Å². The fourth-order valence-electron chi connectivity index (χ4n) is 2.31. The highest BCUT2D eigenvalue weighted by Gasteiger charge is 2.16. The van der Waals surface area contributed by atoms with E-state index in [0.29, 0.717) is 26.7 Å². The molecule has 3 rings (SSSR count). The van der Waals surface area contributed by atoms with Crippen LogP contribution in [0.1, 0.15) is 21.5 Å². The summed E-state index contributed by atoms with van der Waals surface area (Å²) in [7, 11) is 0. The van der Waals surface area contributed by atoms with E-state index in [1.165, 1.54) is 6.21 Å². The zero-order chi connectivity index (χ0) is 18.4. The van der Waals surface area contributed by atoms with Gasteiger partial charge in [0.25, 0.3) is 0 Å². The quantitative estimate of drug-likeness (QED) is 0.318. The normalized spacial score (nSPS) is 11.7. The third-order valence-electron chi connectivity index (χ3n) is 3.62. The maximum atomic E-state index is 12.9. The molecule has 0 aliphatic heterocycles. The van der Waals surface area contributed by atoms with Gasteiger partial charge in [0.15, 0.2) is 0 Å². The number of halogens is 2. The number of rotatable bonds is 5. The summed E-state index contributed by atoms with van der Waals surface area (Å²) in [6.45, 7) is 0. The summed E-state index contributed by atoms with van der Waals surface area (Å²) in [6.07, 6.45) is 1.50. The summed E-state index contributed by atoms with van der Waals surface area (Å²) in [6, 6.07) is 23.3. The van der Waals surface area contributed by atoms with E-state index in [4.69, 9.17) is 23.2 Å². The molecule has 0 saturated heterocycles. The molecule has 0 amide bonds. The molecule has 5 heteroatoms. The Balaban J connectivity index is 1.96. The highest BCUT2D eigenvalue weighted by Crippen LogP contribution is 2.19. The maximum Gasteiger partial charge on any atom is 0.213 e. The van der Waals surface area contributed by atoms with Crippen molar-refractivity contribution in [3.63, 3.8) is 0 Å². The van der Waals surface area contributed by atoms with Gasteiger partial charge in [0.1, 0.15) is 5.71 Å². The number of hydrogen-bond acceptors (Lipinski definition) is 3. The largest absolute Gasteiger partial charge is 0.287 e. The van der Waals surface area contributed by atoms with Gasteiger partial charge in [-0.15, -0.1) is 5.10 Å². The highest BCUT2D eigenvalue weighted by atomic mass is 35.5. The minimum atomic E-state index is -0.198. The molecule has 3 aromatic rings. The molecule has 0 spiro atoms. The first-order valence-corrected chi connectivity index (χ1v) is 8.62. The Bertz CT molecular complexity index is 968. The molecule has 0 saturated carbocycles. The molecule has 0 unspecified atom stereocenters. The first-order valence-electron chi connectivity index (χ1n) is 7.86. The first kappa shape index (κ1) is 18.1. The second kappa shape index (κ2) is 8.56. The van der Waals surface area contributed by atoms with Crippen LogP contribution in [0.5, 0.6) is 0 Å². The molecule has 0 N–H and O–H groups in total. The van der Waals surface area contributed by atoms with Crippen molar-refractivity contribution < 1.29 is 4.79 Å². The molecule has 0 atom stereocenters. The van der Waals surface area contributed by atoms with Crippen molar-refractivity contribution in [1.29, 1.82) is 0 Å². The van der Waals surface area contributed by atoms with Crippen molar-refractivity contribution >= 4 is 40.9 Å². The van der Waals surface area contributed by atoms with Gasteiger partial charge < -0.3 is 0 Å². The molecule has 128 valence electrons. The SMILES string of the molecule is O=C(C(=NN=Cc1ccc(Cl)cc1Cl)c1ccccc1)c1ccccc1. The van der Waals surface area contributed by atoms with Gasteiger partial charge >= 0.3 is 0 Å². The molecule has 0 heterocycles. The molecule has 0 bridgehead atoms. The molecular formula is C21H14Cl2N2O. The van der Waals surface area contributed by atoms with Gasteiger partial charge in [0.2, 0.25) is 5.78 Å². The molecule has 0 fully saturated rings. The molecule has 0 aliphatic rings. The van der Waals surface area contributed by atoms with E-state index in [-0.39, 0.29) is 11.5 Å². The van der Waals surface area contributed by atoms with Crippen LogP contribution >= 0.6 is 23.2 Å². The van der Waals surface area contributed by atoms with Crippen LogP contribution in [0.2, 0.25) is 10.0 Å². The minimum Gasteiger partial charge on any atom is -0.287 e. The number of ketones is 1. The third kappa shape index (κ3) is 4.45. The second-order valence-electron chi connectivity index (χ2n) is 5.42. The summed E-state index contributed by atoms with van der Waals surface area (Å²) in [5.41, 5.74) is 2.17. The Hall–Kier alpha value is -2.75. The number of Topliss-reactive ketones (excluding diaryl/α,β-unsaturated/α-hetero) is 1. The zero-order valence-corrected chi connectivity index (χ0v) is 15.2. The van der Waals surface area contributed by atoms with E-state index >= 15 is 0 Å². The maximum absolute atomic E-state index is 12.9. The standard InChI is InChI=1S/C21H14Cl2N2O/c22-18-12-11-17(19(23)13-18)14-24-25-20(15-7-3-1-4-8-15)21(26)16-9-5-2-6-10-16/h1-14H. The number of carbonyl (C=O) groups excluding carboxylic acids is 1. The van der Waals surface area contributed by atoms with Gasteiger partial charge in [-0.05, 0) is 12.1 Å². The van der Waals surface area contributed by atoms with E-state index in [1.807, 2.05) is 48.5 Å². The Morgan fingerprint density at radius 3 is 2.04 bits per heavy atom. The first-order chi connectivity index (χ1) is 12.6. The predicted molar refractivity (Wildman–Crippen MR) is 108 cm³/mol. The molecule has 26 heavy (non-hydrogen) atoms. The van der Waals surface area contributed by atoms with Crippen molar-refractivity contribution in [1.82, 2.24) is 0 Å². The highest BCUT2D eigenvalue weighted by molar-refractivity contribution is 6.51. The summed E-state index contributed by atoms with van der Waals surface area (Å²) < 4.78 is 0. The lowest BCUT2D eigenvalue weighted by Gasteiger charge is -2.04. The van der Waals surface area contributed by atoms with Crippen LogP contribution in [0.3, 0.4) is 0 Å². The lowest BCUT2D eigenvalue weighted by molar-refractivity contribution is 0.106. The van der Waals surface area contributed by atoms with Crippen molar-refractivity contribution in [3.8, 4) is 0 Å². The van der Waals surface area contributed by atoms with Crippen LogP contribution in [0.4, 0.5) is 0 Å². The predicted octanol–water partition coefficient (Wildman–Crippen LogP) is 5.70. The molecule has 3 nitrogen and oxygen atoms in total. The summed E-state index contributed by atoms with van der Waals surface area (Å²) in [5, 5.41) is 9.25. The van der Waals surface area contributed by atoms with Crippen LogP contribution in [-0.4, -0.2) is 17.7 Å². The average molecular weight is 381 g/mol. The Morgan fingerprint density at radius 1 is 0.808 bits per heavy atom. The van der Waals surface area contributed by atoms with Crippen molar-refractivity contribution in [2.75, 3.05) is 0 Å². The van der Waals surface area contributed by atoms with Gasteiger partial charge in [-0.25, -0.2) is 0 Å². The number of benzene rings is 3. The monoisotopic (exact) mass is 380 g/mol. The Labute approximate surface area is 161 Å². The summed E-state index contributed by atoms with van der Waals surface area (Å²) >= 11 is 12.0. The van der Waals surface area contributed by atoms with E-state index in [2.05, 4.69) is 10.2 Å². The van der Waals surface area contributed by atoms with Gasteiger partial charge in [0.05, 0.1) is 11.2 Å². The molecular weight excluding hydrogens is 367 g/mol. The minimum absolute atomic E-state index is 0.198. The van der Waals surface area contributed by atoms with Crippen LogP contribution in [0.25, 0.3) is 0 Å². The molecule has 0 aromatic heterocycles. The van der Waals surface area contributed by atoms with Gasteiger partial charge in [-0.2, -0.15) is 5.10 Å². The fraction of sp³-hybridized carbons (Fsp3) is 0. The van der Waals surface area contributed by atoms with E-state index in [1.54, 1.807) is 30.3 Å². The zero-order valence-electron chi connectivity index (χ0n) is 13.6. The van der Waals surface area contributed by atoms with Crippen molar-refractivity contribution in [2.24, 2.45) is 10.2 Å². The topological polar surface area (TPSA) is 41.8 Å². The number of nitrogens with zero attached hydrogens (tertiary/aromatic N) is 2. The van der Waals surface area contributed by atoms with E-state index in [0.717, 1.165) is 0 Å². The fourth-order valence-corrected chi connectivity index (χ4v) is 2.77. The summed E-state index contributed by atoms with van der Waals surface area (Å²) in [5.74, 6) is -0.198. The average Bonchev–Trinajstić information content (AvgIpc) is 2.67. The van der Waals surface area contributed by atoms with Crippen molar-refractivity contribution in [2.45, 2.75) is 0 Å². The van der Waals surface area contributed by atoms with Crippen LogP contribution in [-0.2, 0) is 0 Å². The lowest BCUT2D eigenvalue weighted by atomic mass is 10.0. The van der Waals surface area contributed by atoms with E-state index in [9.17, 15) is 4.79 Å². The van der Waals surface area contributed by atoms with Gasteiger partial charge in [-0.1, -0.05) is 89.9 Å². The smallest absolute Gasteiger partial charge is 0.213 e. The summed E-state index contributed by atoms with van der Waals surface area (Å²) in [4.78, 5) is 12.9. The Kier molecular flexibility index (Phi) is 5.95. The molecule has 0 aliphatic carbocycles. The number of hydrogen-bond donors (Lipinski definition) is 0. The number of carbonyl (C=O) groups is 1. The van der Waals surface area contributed by atoms with Gasteiger partial charge in [-0.3, -0.25) is 4.79 Å². The van der Waals surface area contributed by atoms with Crippen molar-refractivity contribution in [3.05, 3.63) is 106 Å². The second-order valence-corrected chi connectivity index (χ2v) is 6.26. The van der Waals surface area contributed by atoms with Crippen LogP contribution in [0.15, 0.2) is 89.1 Å². The van der Waals surface area contributed by atoms with Gasteiger partial charge in [0, 0.05) is 21.7 Å². The molecule has 0 radical (unpaired) electrons. The lowest BCUT2D eigenvalue weighted by Crippen LogP contribution is -2.15. The molecule has 3 aromatic carbocycles. The third-order valence-corrected chi connectivity index (χ3v) is 4.18. The Morgan fingerprint density at radius 2 is 1.42 bits per heavy atom. The van der Waals surface area contributed by atoms with Crippen LogP contribution in [0, 0.1) is 0 Å². The van der Waals surface area contributed by atoms with E-state index < -0.39 is 0 Å².